The van der Waals surface area contributed by atoms with Crippen molar-refractivity contribution in [2.24, 2.45) is 0 Å². The molecule has 0 aromatic heterocycles. The number of sulfone groups is 1. The maximum atomic E-state index is 13.0. The quantitative estimate of drug-likeness (QED) is 0.707. The maximum Gasteiger partial charge on any atom is 0.325 e. The molecular weight excluding hydrogens is 370 g/mol. The minimum absolute atomic E-state index is 0.0146. The number of carbonyl (C=O) groups is 3. The first-order chi connectivity index (χ1) is 12.8. The molecule has 2 aliphatic carbocycles. The van der Waals surface area contributed by atoms with Crippen molar-refractivity contribution in [3.05, 3.63) is 0 Å². The Morgan fingerprint density at radius 1 is 1.07 bits per heavy atom. The second kappa shape index (κ2) is 6.76. The lowest BCUT2D eigenvalue weighted by Crippen LogP contribution is -2.50. The third-order valence-electron chi connectivity index (χ3n) is 6.33. The van der Waals surface area contributed by atoms with E-state index in [-0.39, 0.29) is 41.9 Å². The van der Waals surface area contributed by atoms with Crippen LogP contribution in [0.5, 0.6) is 0 Å². The van der Waals surface area contributed by atoms with Crippen LogP contribution in [0.3, 0.4) is 0 Å². The number of rotatable bonds is 4. The summed E-state index contributed by atoms with van der Waals surface area (Å²) in [7, 11) is -3.11. The summed E-state index contributed by atoms with van der Waals surface area (Å²) in [6, 6.07) is -0.781. The Bertz CT molecular complexity index is 753. The van der Waals surface area contributed by atoms with Gasteiger partial charge in [-0.25, -0.2) is 13.2 Å². The second-order valence-electron chi connectivity index (χ2n) is 8.41. The van der Waals surface area contributed by atoms with Gasteiger partial charge in [-0.15, -0.1) is 0 Å². The van der Waals surface area contributed by atoms with Crippen molar-refractivity contribution in [2.75, 3.05) is 18.1 Å². The van der Waals surface area contributed by atoms with Crippen LogP contribution in [0.25, 0.3) is 0 Å². The molecule has 0 unspecified atom stereocenters. The summed E-state index contributed by atoms with van der Waals surface area (Å²) >= 11 is 0. The van der Waals surface area contributed by atoms with Gasteiger partial charge in [0.2, 0.25) is 5.91 Å². The number of amides is 4. The average molecular weight is 397 g/mol. The first kappa shape index (κ1) is 18.7. The van der Waals surface area contributed by atoms with Crippen LogP contribution in [0.2, 0.25) is 0 Å². The number of imide groups is 1. The van der Waals surface area contributed by atoms with Gasteiger partial charge in [-0.2, -0.15) is 0 Å². The molecule has 0 bridgehead atoms. The molecule has 9 heteroatoms. The van der Waals surface area contributed by atoms with Gasteiger partial charge in [0.15, 0.2) is 9.84 Å². The minimum atomic E-state index is -3.11. The van der Waals surface area contributed by atoms with Gasteiger partial charge in [0, 0.05) is 12.1 Å². The average Bonchev–Trinajstić information content (AvgIpc) is 3.36. The summed E-state index contributed by atoms with van der Waals surface area (Å²) in [6.07, 6.45) is 7.27. The van der Waals surface area contributed by atoms with E-state index in [0.717, 1.165) is 43.4 Å². The first-order valence-electron chi connectivity index (χ1n) is 9.97. The minimum Gasteiger partial charge on any atom is -0.334 e. The molecule has 2 aliphatic heterocycles. The van der Waals surface area contributed by atoms with Gasteiger partial charge in [-0.1, -0.05) is 25.7 Å². The lowest BCUT2D eigenvalue weighted by Gasteiger charge is -2.30. The molecule has 0 aromatic rings. The van der Waals surface area contributed by atoms with Crippen LogP contribution < -0.4 is 5.32 Å². The van der Waals surface area contributed by atoms with Crippen LogP contribution in [0.1, 0.15) is 57.8 Å². The molecule has 0 radical (unpaired) electrons. The van der Waals surface area contributed by atoms with Crippen LogP contribution in [0, 0.1) is 0 Å². The summed E-state index contributed by atoms with van der Waals surface area (Å²) in [6.45, 7) is -0.292. The molecule has 4 amide bonds. The van der Waals surface area contributed by atoms with Crippen molar-refractivity contribution in [1.82, 2.24) is 15.1 Å². The third-order valence-corrected chi connectivity index (χ3v) is 8.08. The zero-order valence-corrected chi connectivity index (χ0v) is 16.3. The molecule has 2 saturated carbocycles. The van der Waals surface area contributed by atoms with Crippen LogP contribution >= 0.6 is 0 Å². The van der Waals surface area contributed by atoms with Crippen LogP contribution in [-0.4, -0.2) is 71.7 Å². The molecular formula is C18H27N3O5S. The van der Waals surface area contributed by atoms with Crippen LogP contribution in [-0.2, 0) is 19.4 Å². The highest BCUT2D eigenvalue weighted by Crippen LogP contribution is 2.35. The molecule has 27 heavy (non-hydrogen) atoms. The van der Waals surface area contributed by atoms with Gasteiger partial charge in [-0.3, -0.25) is 14.5 Å². The Kier molecular flexibility index (Phi) is 4.68. The third kappa shape index (κ3) is 3.58. The molecule has 0 aromatic carbocycles. The van der Waals surface area contributed by atoms with Crippen molar-refractivity contribution >= 4 is 27.7 Å². The summed E-state index contributed by atoms with van der Waals surface area (Å²) in [5.41, 5.74) is -0.852. The zero-order chi connectivity index (χ0) is 19.2. The van der Waals surface area contributed by atoms with Crippen molar-refractivity contribution in [1.29, 1.82) is 0 Å². The number of nitrogens with zero attached hydrogens (tertiary/aromatic N) is 2. The van der Waals surface area contributed by atoms with Gasteiger partial charge in [0.25, 0.3) is 5.91 Å². The van der Waals surface area contributed by atoms with Crippen LogP contribution in [0.15, 0.2) is 0 Å². The highest BCUT2D eigenvalue weighted by Gasteiger charge is 2.52. The van der Waals surface area contributed by atoms with Crippen molar-refractivity contribution in [2.45, 2.75) is 75.4 Å². The molecule has 1 atom stereocenters. The fraction of sp³-hybridized carbons (Fsp3) is 0.833. The lowest BCUT2D eigenvalue weighted by molar-refractivity contribution is -0.140. The van der Waals surface area contributed by atoms with Gasteiger partial charge in [-0.05, 0) is 32.1 Å². The Balaban J connectivity index is 1.48. The Morgan fingerprint density at radius 3 is 2.30 bits per heavy atom. The van der Waals surface area contributed by atoms with Crippen molar-refractivity contribution < 1.29 is 22.8 Å². The Labute approximate surface area is 159 Å². The largest absolute Gasteiger partial charge is 0.334 e. The first-order valence-corrected chi connectivity index (χ1v) is 11.8. The van der Waals surface area contributed by atoms with E-state index in [1.165, 1.54) is 0 Å². The van der Waals surface area contributed by atoms with E-state index in [1.807, 2.05) is 0 Å². The fourth-order valence-electron chi connectivity index (χ4n) is 4.76. The van der Waals surface area contributed by atoms with Gasteiger partial charge < -0.3 is 10.2 Å². The van der Waals surface area contributed by atoms with Crippen molar-refractivity contribution in [3.63, 3.8) is 0 Å². The molecule has 8 nitrogen and oxygen atoms in total. The smallest absolute Gasteiger partial charge is 0.325 e. The molecule has 2 saturated heterocycles. The molecule has 4 aliphatic rings. The predicted molar refractivity (Wildman–Crippen MR) is 97.6 cm³/mol. The highest BCUT2D eigenvalue weighted by molar-refractivity contribution is 7.91. The predicted octanol–water partition coefficient (Wildman–Crippen LogP) is 0.809. The van der Waals surface area contributed by atoms with Gasteiger partial charge in [0.05, 0.1) is 11.5 Å². The molecule has 4 rings (SSSR count). The molecule has 1 spiro atoms. The van der Waals surface area contributed by atoms with Gasteiger partial charge >= 0.3 is 6.03 Å². The number of hydrogen-bond acceptors (Lipinski definition) is 5. The number of carbonyl (C=O) groups excluding carboxylic acids is 3. The number of nitrogens with one attached hydrogen (secondary N) is 1. The van der Waals surface area contributed by atoms with E-state index >= 15 is 0 Å². The maximum absolute atomic E-state index is 13.0. The summed E-state index contributed by atoms with van der Waals surface area (Å²) in [5, 5.41) is 2.85. The summed E-state index contributed by atoms with van der Waals surface area (Å²) in [5.74, 6) is -0.522. The molecule has 1 N–H and O–H groups in total. The van der Waals surface area contributed by atoms with E-state index in [0.29, 0.717) is 19.3 Å². The zero-order valence-electron chi connectivity index (χ0n) is 15.5. The normalized spacial score (nSPS) is 29.6. The number of hydrogen-bond donors (Lipinski definition) is 1. The van der Waals surface area contributed by atoms with Gasteiger partial charge in [0.1, 0.15) is 12.1 Å². The fourth-order valence-corrected chi connectivity index (χ4v) is 6.47. The molecule has 4 fully saturated rings. The summed E-state index contributed by atoms with van der Waals surface area (Å²) in [4.78, 5) is 41.1. The second-order valence-corrected chi connectivity index (χ2v) is 10.6. The lowest BCUT2D eigenvalue weighted by atomic mass is 9.90. The monoisotopic (exact) mass is 397 g/mol. The number of urea groups is 1. The molecule has 150 valence electrons. The Morgan fingerprint density at radius 2 is 1.74 bits per heavy atom. The summed E-state index contributed by atoms with van der Waals surface area (Å²) < 4.78 is 23.7. The SMILES string of the molecule is O=C1NC2(CCCCCC2)C(=O)N1CC(=O)N(C1CC1)[C@H]1CCS(=O)(=O)C1. The topological polar surface area (TPSA) is 104 Å². The van der Waals surface area contributed by atoms with Crippen molar-refractivity contribution in [3.8, 4) is 0 Å². The highest BCUT2D eigenvalue weighted by atomic mass is 32.2. The Hall–Kier alpha value is -1.64. The van der Waals surface area contributed by atoms with E-state index in [1.54, 1.807) is 4.90 Å². The standard InChI is InChI=1S/C18H27N3O5S/c22-15(21(13-5-6-13)14-7-10-27(25,26)12-14)11-20-16(23)18(19-17(20)24)8-3-1-2-4-9-18/h13-14H,1-12H2,(H,19,24)/t14-/m0/s1. The van der Waals surface area contributed by atoms with E-state index in [9.17, 15) is 22.8 Å². The van der Waals surface area contributed by atoms with E-state index in [2.05, 4.69) is 5.32 Å². The van der Waals surface area contributed by atoms with Crippen LogP contribution in [0.4, 0.5) is 4.79 Å². The molecule has 2 heterocycles. The van der Waals surface area contributed by atoms with E-state index in [4.69, 9.17) is 0 Å². The van der Waals surface area contributed by atoms with E-state index < -0.39 is 21.4 Å².